The predicted molar refractivity (Wildman–Crippen MR) is 90.1 cm³/mol. The molecule has 5 nitrogen and oxygen atoms in total. The third-order valence-corrected chi connectivity index (χ3v) is 7.62. The molecule has 2 aliphatic rings. The van der Waals surface area contributed by atoms with Gasteiger partial charge in [0.1, 0.15) is 5.01 Å². The molecule has 7 heteroatoms. The average Bonchev–Trinajstić information content (AvgIpc) is 3.22. The quantitative estimate of drug-likeness (QED) is 0.834. The third-order valence-electron chi connectivity index (χ3n) is 4.71. The number of thiazole rings is 1. The van der Waals surface area contributed by atoms with E-state index in [9.17, 15) is 13.2 Å². The molecule has 0 aliphatic carbocycles. The van der Waals surface area contributed by atoms with E-state index in [-0.39, 0.29) is 29.4 Å². The number of carbonyl (C=O) groups excluding carboxylic acids is 1. The lowest BCUT2D eigenvalue weighted by atomic mass is 10.1. The van der Waals surface area contributed by atoms with Gasteiger partial charge in [0.2, 0.25) is 5.91 Å². The largest absolute Gasteiger partial charge is 0.333 e. The fourth-order valence-corrected chi connectivity index (χ4v) is 6.39. The number of fused-ring (bicyclic) bond motifs is 1. The molecule has 2 fully saturated rings. The van der Waals surface area contributed by atoms with E-state index in [1.165, 1.54) is 0 Å². The Morgan fingerprint density at radius 3 is 2.83 bits per heavy atom. The first-order chi connectivity index (χ1) is 11.0. The Labute approximate surface area is 139 Å². The number of carbonyl (C=O) groups is 1. The SMILES string of the molecule is O=C(C1CCS(=O)(=O)C1)N1CCCC1c1nc2ccccc2s1. The van der Waals surface area contributed by atoms with E-state index in [0.717, 1.165) is 28.1 Å². The van der Waals surface area contributed by atoms with E-state index >= 15 is 0 Å². The maximum atomic E-state index is 12.8. The van der Waals surface area contributed by atoms with Crippen LogP contribution in [0.15, 0.2) is 24.3 Å². The molecule has 2 aromatic rings. The molecule has 2 saturated heterocycles. The van der Waals surface area contributed by atoms with Gasteiger partial charge < -0.3 is 4.90 Å². The number of hydrogen-bond donors (Lipinski definition) is 0. The molecule has 2 aliphatic heterocycles. The molecule has 2 atom stereocenters. The van der Waals surface area contributed by atoms with Gasteiger partial charge in [-0.15, -0.1) is 11.3 Å². The Morgan fingerprint density at radius 2 is 2.09 bits per heavy atom. The predicted octanol–water partition coefficient (Wildman–Crippen LogP) is 2.39. The molecule has 0 radical (unpaired) electrons. The van der Waals surface area contributed by atoms with Crippen molar-refractivity contribution in [2.45, 2.75) is 25.3 Å². The summed E-state index contributed by atoms with van der Waals surface area (Å²) < 4.78 is 24.4. The van der Waals surface area contributed by atoms with Gasteiger partial charge in [-0.25, -0.2) is 13.4 Å². The summed E-state index contributed by atoms with van der Waals surface area (Å²) in [6.07, 6.45) is 2.32. The van der Waals surface area contributed by atoms with Crippen LogP contribution in [0.4, 0.5) is 0 Å². The van der Waals surface area contributed by atoms with Gasteiger partial charge in [0.15, 0.2) is 9.84 Å². The van der Waals surface area contributed by atoms with E-state index < -0.39 is 9.84 Å². The van der Waals surface area contributed by atoms with Crippen LogP contribution >= 0.6 is 11.3 Å². The molecular weight excluding hydrogens is 332 g/mol. The molecule has 23 heavy (non-hydrogen) atoms. The molecule has 4 rings (SSSR count). The molecule has 0 saturated carbocycles. The molecule has 1 aromatic heterocycles. The van der Waals surface area contributed by atoms with Crippen molar-refractivity contribution in [1.29, 1.82) is 0 Å². The summed E-state index contributed by atoms with van der Waals surface area (Å²) in [4.78, 5) is 19.3. The monoisotopic (exact) mass is 350 g/mol. The zero-order chi connectivity index (χ0) is 16.0. The molecule has 1 amide bonds. The van der Waals surface area contributed by atoms with Crippen molar-refractivity contribution in [3.05, 3.63) is 29.3 Å². The van der Waals surface area contributed by atoms with Gasteiger partial charge >= 0.3 is 0 Å². The first kappa shape index (κ1) is 15.1. The Kier molecular flexibility index (Phi) is 3.65. The Balaban J connectivity index is 1.60. The number of nitrogens with zero attached hydrogens (tertiary/aromatic N) is 2. The number of amides is 1. The number of para-hydroxylation sites is 1. The molecule has 1 aromatic carbocycles. The Bertz CT molecular complexity index is 826. The summed E-state index contributed by atoms with van der Waals surface area (Å²) in [5, 5.41) is 0.970. The van der Waals surface area contributed by atoms with Crippen molar-refractivity contribution >= 4 is 37.3 Å². The van der Waals surface area contributed by atoms with Crippen LogP contribution in [-0.4, -0.2) is 42.3 Å². The van der Waals surface area contributed by atoms with Gasteiger partial charge in [-0.2, -0.15) is 0 Å². The number of likely N-dealkylation sites (tertiary alicyclic amines) is 1. The zero-order valence-electron chi connectivity index (χ0n) is 12.6. The first-order valence-corrected chi connectivity index (χ1v) is 10.5. The standard InChI is InChI=1S/C16H18N2O3S2/c19-16(11-7-9-23(20,21)10-11)18-8-3-5-13(18)15-17-12-4-1-2-6-14(12)22-15/h1-2,4,6,11,13H,3,5,7-10H2. The molecule has 0 spiro atoms. The van der Waals surface area contributed by atoms with Gasteiger partial charge in [0, 0.05) is 6.54 Å². The molecule has 3 heterocycles. The van der Waals surface area contributed by atoms with Crippen LogP contribution in [0.3, 0.4) is 0 Å². The van der Waals surface area contributed by atoms with Crippen molar-refractivity contribution in [3.8, 4) is 0 Å². The minimum absolute atomic E-state index is 0.00297. The maximum absolute atomic E-state index is 12.8. The normalized spacial score (nSPS) is 26.9. The number of sulfone groups is 1. The molecule has 0 N–H and O–H groups in total. The van der Waals surface area contributed by atoms with Crippen molar-refractivity contribution in [3.63, 3.8) is 0 Å². The topological polar surface area (TPSA) is 67.3 Å². The van der Waals surface area contributed by atoms with Crippen LogP contribution in [0, 0.1) is 5.92 Å². The summed E-state index contributed by atoms with van der Waals surface area (Å²) in [6, 6.07) is 7.99. The fourth-order valence-electron chi connectivity index (χ4n) is 3.54. The van der Waals surface area contributed by atoms with Crippen LogP contribution < -0.4 is 0 Å². The summed E-state index contributed by atoms with van der Waals surface area (Å²) in [6.45, 7) is 0.704. The van der Waals surface area contributed by atoms with Crippen LogP contribution in [-0.2, 0) is 14.6 Å². The van der Waals surface area contributed by atoms with Crippen LogP contribution in [0.5, 0.6) is 0 Å². The van der Waals surface area contributed by atoms with Gasteiger partial charge in [-0.1, -0.05) is 12.1 Å². The fraction of sp³-hybridized carbons (Fsp3) is 0.500. The third kappa shape index (κ3) is 2.76. The number of hydrogen-bond acceptors (Lipinski definition) is 5. The lowest BCUT2D eigenvalue weighted by molar-refractivity contribution is -0.135. The van der Waals surface area contributed by atoms with Crippen molar-refractivity contribution in [2.24, 2.45) is 5.92 Å². The summed E-state index contributed by atoms with van der Waals surface area (Å²) in [5.41, 5.74) is 0.968. The lowest BCUT2D eigenvalue weighted by Gasteiger charge is -2.25. The minimum Gasteiger partial charge on any atom is -0.333 e. The van der Waals surface area contributed by atoms with Crippen molar-refractivity contribution in [1.82, 2.24) is 9.88 Å². The summed E-state index contributed by atoms with van der Waals surface area (Å²) in [5.74, 6) is -0.222. The molecule has 0 bridgehead atoms. The van der Waals surface area contributed by atoms with Gasteiger partial charge in [-0.05, 0) is 31.4 Å². The van der Waals surface area contributed by atoms with E-state index in [2.05, 4.69) is 4.98 Å². The van der Waals surface area contributed by atoms with Crippen molar-refractivity contribution < 1.29 is 13.2 Å². The average molecular weight is 350 g/mol. The second-order valence-corrected chi connectivity index (χ2v) is 9.60. The highest BCUT2D eigenvalue weighted by atomic mass is 32.2. The van der Waals surface area contributed by atoms with Gasteiger partial charge in [0.05, 0.1) is 33.7 Å². The highest BCUT2D eigenvalue weighted by Crippen LogP contribution is 2.38. The summed E-state index contributed by atoms with van der Waals surface area (Å²) in [7, 11) is -3.03. The molecule has 2 unspecified atom stereocenters. The highest BCUT2D eigenvalue weighted by molar-refractivity contribution is 7.91. The second-order valence-electron chi connectivity index (χ2n) is 6.31. The van der Waals surface area contributed by atoms with Crippen LogP contribution in [0.2, 0.25) is 0 Å². The van der Waals surface area contributed by atoms with Crippen LogP contribution in [0.1, 0.15) is 30.3 Å². The van der Waals surface area contributed by atoms with E-state index in [1.807, 2.05) is 29.2 Å². The van der Waals surface area contributed by atoms with E-state index in [4.69, 9.17) is 0 Å². The summed E-state index contributed by atoms with van der Waals surface area (Å²) >= 11 is 1.63. The first-order valence-electron chi connectivity index (χ1n) is 7.90. The maximum Gasteiger partial charge on any atom is 0.227 e. The minimum atomic E-state index is -3.03. The smallest absolute Gasteiger partial charge is 0.227 e. The van der Waals surface area contributed by atoms with Crippen LogP contribution in [0.25, 0.3) is 10.2 Å². The van der Waals surface area contributed by atoms with Crippen molar-refractivity contribution in [2.75, 3.05) is 18.1 Å². The number of rotatable bonds is 2. The Hall–Kier alpha value is -1.47. The molecular formula is C16H18N2O3S2. The molecule has 122 valence electrons. The second kappa shape index (κ2) is 5.56. The van der Waals surface area contributed by atoms with Gasteiger partial charge in [0.25, 0.3) is 0 Å². The van der Waals surface area contributed by atoms with E-state index in [1.54, 1.807) is 11.3 Å². The Morgan fingerprint density at radius 1 is 1.26 bits per heavy atom. The number of aromatic nitrogens is 1. The number of benzene rings is 1. The highest BCUT2D eigenvalue weighted by Gasteiger charge is 2.40. The van der Waals surface area contributed by atoms with Gasteiger partial charge in [-0.3, -0.25) is 4.79 Å². The lowest BCUT2D eigenvalue weighted by Crippen LogP contribution is -2.36. The zero-order valence-corrected chi connectivity index (χ0v) is 14.3. The van der Waals surface area contributed by atoms with E-state index in [0.29, 0.717) is 13.0 Å².